The number of rotatable bonds is 2. The van der Waals surface area contributed by atoms with Crippen LogP contribution in [0.2, 0.25) is 5.02 Å². The van der Waals surface area contributed by atoms with Gasteiger partial charge in [-0.2, -0.15) is 18.3 Å². The lowest BCUT2D eigenvalue weighted by Crippen LogP contribution is -2.20. The summed E-state index contributed by atoms with van der Waals surface area (Å²) in [6, 6.07) is 0. The van der Waals surface area contributed by atoms with E-state index in [-0.39, 0.29) is 10.9 Å². The SMILES string of the molecule is CC(C)c1c(Cl)cnn1CC(F)(F)F. The topological polar surface area (TPSA) is 17.8 Å². The minimum Gasteiger partial charge on any atom is -0.259 e. The summed E-state index contributed by atoms with van der Waals surface area (Å²) in [7, 11) is 0. The van der Waals surface area contributed by atoms with E-state index in [0.717, 1.165) is 4.68 Å². The molecule has 0 radical (unpaired) electrons. The Morgan fingerprint density at radius 3 is 2.50 bits per heavy atom. The van der Waals surface area contributed by atoms with Crippen molar-refractivity contribution >= 4 is 11.6 Å². The maximum Gasteiger partial charge on any atom is 0.408 e. The molecule has 14 heavy (non-hydrogen) atoms. The second-order valence-corrected chi connectivity index (χ2v) is 3.71. The molecular formula is C8H10ClF3N2. The standard InChI is InChI=1S/C8H10ClF3N2/c1-5(2)7-6(9)3-13-14(7)4-8(10,11)12/h3,5H,4H2,1-2H3. The Kier molecular flexibility index (Phi) is 3.09. The minimum atomic E-state index is -4.26. The number of alkyl halides is 3. The maximum atomic E-state index is 12.1. The fourth-order valence-corrected chi connectivity index (χ4v) is 1.60. The van der Waals surface area contributed by atoms with Gasteiger partial charge in [-0.25, -0.2) is 0 Å². The molecule has 0 fully saturated rings. The Labute approximate surface area is 84.7 Å². The molecular weight excluding hydrogens is 217 g/mol. The lowest BCUT2D eigenvalue weighted by Gasteiger charge is -2.12. The van der Waals surface area contributed by atoms with Gasteiger partial charge in [0.15, 0.2) is 0 Å². The van der Waals surface area contributed by atoms with Gasteiger partial charge in [-0.15, -0.1) is 0 Å². The van der Waals surface area contributed by atoms with Gasteiger partial charge in [0.25, 0.3) is 0 Å². The molecule has 0 saturated heterocycles. The van der Waals surface area contributed by atoms with E-state index in [0.29, 0.717) is 5.69 Å². The summed E-state index contributed by atoms with van der Waals surface area (Å²) in [6.07, 6.45) is -3.03. The Balaban J connectivity index is 2.98. The van der Waals surface area contributed by atoms with Gasteiger partial charge < -0.3 is 0 Å². The van der Waals surface area contributed by atoms with E-state index in [1.54, 1.807) is 13.8 Å². The highest BCUT2D eigenvalue weighted by Crippen LogP contribution is 2.26. The van der Waals surface area contributed by atoms with Gasteiger partial charge in [-0.3, -0.25) is 4.68 Å². The average molecular weight is 227 g/mol. The summed E-state index contributed by atoms with van der Waals surface area (Å²) in [5.41, 5.74) is 0.420. The third kappa shape index (κ3) is 2.64. The summed E-state index contributed by atoms with van der Waals surface area (Å²) in [4.78, 5) is 0. The van der Waals surface area contributed by atoms with Crippen molar-refractivity contribution in [1.82, 2.24) is 9.78 Å². The van der Waals surface area contributed by atoms with Crippen LogP contribution < -0.4 is 0 Å². The molecule has 0 bridgehead atoms. The quantitative estimate of drug-likeness (QED) is 0.757. The highest BCUT2D eigenvalue weighted by molar-refractivity contribution is 6.31. The van der Waals surface area contributed by atoms with E-state index in [1.807, 2.05) is 0 Å². The first kappa shape index (κ1) is 11.4. The van der Waals surface area contributed by atoms with E-state index in [1.165, 1.54) is 6.20 Å². The van der Waals surface area contributed by atoms with Crippen molar-refractivity contribution in [1.29, 1.82) is 0 Å². The first-order valence-electron chi connectivity index (χ1n) is 4.09. The van der Waals surface area contributed by atoms with E-state index in [2.05, 4.69) is 5.10 Å². The van der Waals surface area contributed by atoms with Gasteiger partial charge in [0.2, 0.25) is 0 Å². The van der Waals surface area contributed by atoms with Crippen molar-refractivity contribution in [2.24, 2.45) is 0 Å². The van der Waals surface area contributed by atoms with Crippen LogP contribution in [-0.4, -0.2) is 16.0 Å². The smallest absolute Gasteiger partial charge is 0.259 e. The molecule has 0 spiro atoms. The molecule has 0 saturated carbocycles. The van der Waals surface area contributed by atoms with Crippen molar-refractivity contribution in [2.75, 3.05) is 0 Å². The Hall–Kier alpha value is -0.710. The third-order valence-corrected chi connectivity index (χ3v) is 2.00. The van der Waals surface area contributed by atoms with E-state index < -0.39 is 12.7 Å². The molecule has 0 N–H and O–H groups in total. The predicted molar refractivity (Wildman–Crippen MR) is 47.4 cm³/mol. The molecule has 1 aromatic rings. The van der Waals surface area contributed by atoms with Crippen LogP contribution in [0.1, 0.15) is 25.5 Å². The summed E-state index contributed by atoms with van der Waals surface area (Å²) in [5.74, 6) is -0.0765. The molecule has 0 aliphatic heterocycles. The normalized spacial score (nSPS) is 12.5. The van der Waals surface area contributed by atoms with Gasteiger partial charge in [0.05, 0.1) is 16.9 Å². The van der Waals surface area contributed by atoms with Crippen molar-refractivity contribution < 1.29 is 13.2 Å². The van der Waals surface area contributed by atoms with Gasteiger partial charge in [-0.1, -0.05) is 25.4 Å². The lowest BCUT2D eigenvalue weighted by molar-refractivity contribution is -0.143. The third-order valence-electron chi connectivity index (χ3n) is 1.71. The second-order valence-electron chi connectivity index (χ2n) is 3.31. The monoisotopic (exact) mass is 226 g/mol. The van der Waals surface area contributed by atoms with Crippen LogP contribution in [0.4, 0.5) is 13.2 Å². The first-order valence-corrected chi connectivity index (χ1v) is 4.47. The molecule has 2 nitrogen and oxygen atoms in total. The molecule has 0 unspecified atom stereocenters. The van der Waals surface area contributed by atoms with Crippen molar-refractivity contribution in [2.45, 2.75) is 32.5 Å². The number of hydrogen-bond donors (Lipinski definition) is 0. The maximum absolute atomic E-state index is 12.1. The molecule has 0 aliphatic rings. The van der Waals surface area contributed by atoms with Gasteiger partial charge in [0.1, 0.15) is 6.54 Å². The van der Waals surface area contributed by atoms with Crippen molar-refractivity contribution in [3.05, 3.63) is 16.9 Å². The van der Waals surface area contributed by atoms with E-state index in [4.69, 9.17) is 11.6 Å². The average Bonchev–Trinajstić information content (AvgIpc) is 2.27. The highest BCUT2D eigenvalue weighted by atomic mass is 35.5. The molecule has 1 aromatic heterocycles. The van der Waals surface area contributed by atoms with Gasteiger partial charge in [-0.05, 0) is 5.92 Å². The molecule has 0 aliphatic carbocycles. The van der Waals surface area contributed by atoms with Gasteiger partial charge >= 0.3 is 6.18 Å². The first-order chi connectivity index (χ1) is 6.31. The zero-order valence-electron chi connectivity index (χ0n) is 7.77. The van der Waals surface area contributed by atoms with E-state index in [9.17, 15) is 13.2 Å². The molecule has 1 rings (SSSR count). The van der Waals surface area contributed by atoms with Crippen LogP contribution in [0.15, 0.2) is 6.20 Å². The number of aromatic nitrogens is 2. The predicted octanol–water partition coefficient (Wildman–Crippen LogP) is 3.22. The number of nitrogens with zero attached hydrogens (tertiary/aromatic N) is 2. The fourth-order valence-electron chi connectivity index (χ4n) is 1.24. The largest absolute Gasteiger partial charge is 0.408 e. The Morgan fingerprint density at radius 2 is 2.07 bits per heavy atom. The number of halogens is 4. The van der Waals surface area contributed by atoms with Gasteiger partial charge in [0, 0.05) is 0 Å². The summed E-state index contributed by atoms with van der Waals surface area (Å²) >= 11 is 5.72. The van der Waals surface area contributed by atoms with Crippen LogP contribution in [0.3, 0.4) is 0 Å². The highest BCUT2D eigenvalue weighted by Gasteiger charge is 2.30. The summed E-state index contributed by atoms with van der Waals surface area (Å²) < 4.78 is 37.2. The molecule has 1 heterocycles. The molecule has 80 valence electrons. The molecule has 0 aromatic carbocycles. The zero-order valence-corrected chi connectivity index (χ0v) is 8.52. The molecule has 0 amide bonds. The van der Waals surface area contributed by atoms with Crippen LogP contribution in [0.25, 0.3) is 0 Å². The summed E-state index contributed by atoms with van der Waals surface area (Å²) in [5, 5.41) is 3.87. The second kappa shape index (κ2) is 3.81. The van der Waals surface area contributed by atoms with Crippen LogP contribution in [0.5, 0.6) is 0 Å². The number of hydrogen-bond acceptors (Lipinski definition) is 1. The van der Waals surface area contributed by atoms with Crippen LogP contribution in [0, 0.1) is 0 Å². The van der Waals surface area contributed by atoms with Crippen LogP contribution in [-0.2, 0) is 6.54 Å². The summed E-state index contributed by atoms with van der Waals surface area (Å²) in [6.45, 7) is 2.46. The van der Waals surface area contributed by atoms with Crippen LogP contribution >= 0.6 is 11.6 Å². The Bertz CT molecular complexity index is 317. The molecule has 0 atom stereocenters. The molecule has 6 heteroatoms. The zero-order chi connectivity index (χ0) is 10.9. The van der Waals surface area contributed by atoms with E-state index >= 15 is 0 Å². The fraction of sp³-hybridized carbons (Fsp3) is 0.625. The lowest BCUT2D eigenvalue weighted by atomic mass is 10.1. The van der Waals surface area contributed by atoms with Crippen molar-refractivity contribution in [3.63, 3.8) is 0 Å². The Morgan fingerprint density at radius 1 is 1.50 bits per heavy atom. The minimum absolute atomic E-state index is 0.0765. The van der Waals surface area contributed by atoms with Crippen molar-refractivity contribution in [3.8, 4) is 0 Å².